The van der Waals surface area contributed by atoms with Gasteiger partial charge in [-0.1, -0.05) is 6.07 Å². The average Bonchev–Trinajstić information content (AvgIpc) is 2.26. The van der Waals surface area contributed by atoms with Gasteiger partial charge in [-0.25, -0.2) is 4.98 Å². The van der Waals surface area contributed by atoms with Gasteiger partial charge in [-0.3, -0.25) is 9.36 Å². The number of nitrogens with zero attached hydrogens (tertiary/aromatic N) is 3. The van der Waals surface area contributed by atoms with Crippen molar-refractivity contribution < 1.29 is 0 Å². The van der Waals surface area contributed by atoms with Crippen LogP contribution in [0, 0.1) is 0 Å². The molecule has 6 heteroatoms. The third-order valence-electron chi connectivity index (χ3n) is 2.20. The van der Waals surface area contributed by atoms with Crippen molar-refractivity contribution in [2.24, 2.45) is 7.05 Å². The Hall–Kier alpha value is -1.85. The first-order valence-corrected chi connectivity index (χ1v) is 4.43. The van der Waals surface area contributed by atoms with Crippen LogP contribution < -0.4 is 16.3 Å². The first-order valence-electron chi connectivity index (χ1n) is 4.43. The topological polar surface area (TPSA) is 59.8 Å². The lowest BCUT2D eigenvalue weighted by Crippen LogP contribution is -2.33. The van der Waals surface area contributed by atoms with Crippen molar-refractivity contribution in [3.05, 3.63) is 22.6 Å². The first-order chi connectivity index (χ1) is 7.13. The van der Waals surface area contributed by atoms with Crippen LogP contribution in [0.1, 0.15) is 0 Å². The van der Waals surface area contributed by atoms with Gasteiger partial charge < -0.3 is 5.32 Å². The van der Waals surface area contributed by atoms with Crippen molar-refractivity contribution in [1.29, 1.82) is 0 Å². The van der Waals surface area contributed by atoms with Gasteiger partial charge in [-0.05, 0) is 5.46 Å². The molecule has 1 N–H and O–H groups in total. The van der Waals surface area contributed by atoms with E-state index in [1.807, 2.05) is 0 Å². The number of fused-ring (bicyclic) bond motifs is 1. The summed E-state index contributed by atoms with van der Waals surface area (Å²) in [6, 6.07) is 1.58. The van der Waals surface area contributed by atoms with E-state index in [4.69, 9.17) is 7.85 Å². The molecule has 2 aromatic rings. The zero-order chi connectivity index (χ0) is 11.0. The molecule has 0 bridgehead atoms. The lowest BCUT2D eigenvalue weighted by molar-refractivity contribution is 0.891. The summed E-state index contributed by atoms with van der Waals surface area (Å²) in [5.74, 6) is 0.474. The van der Waals surface area contributed by atoms with E-state index in [0.29, 0.717) is 11.6 Å². The van der Waals surface area contributed by atoms with E-state index in [-0.39, 0.29) is 11.0 Å². The van der Waals surface area contributed by atoms with Crippen LogP contribution in [0.2, 0.25) is 0 Å². The third-order valence-corrected chi connectivity index (χ3v) is 2.20. The Bertz CT molecular complexity index is 578. The highest BCUT2D eigenvalue weighted by Gasteiger charge is 2.05. The van der Waals surface area contributed by atoms with Gasteiger partial charge in [0.15, 0.2) is 0 Å². The molecule has 0 aliphatic heterocycles. The molecule has 0 aliphatic carbocycles. The maximum absolute atomic E-state index is 11.5. The third kappa shape index (κ3) is 1.47. The van der Waals surface area contributed by atoms with Crippen LogP contribution >= 0.6 is 0 Å². The first kappa shape index (κ1) is 9.70. The Balaban J connectivity index is 2.88. The van der Waals surface area contributed by atoms with Crippen LogP contribution in [0.3, 0.4) is 0 Å². The van der Waals surface area contributed by atoms with E-state index in [1.54, 1.807) is 26.4 Å². The predicted octanol–water partition coefficient (Wildman–Crippen LogP) is -0.836. The molecule has 0 amide bonds. The molecular weight excluding hydrogens is 191 g/mol. The summed E-state index contributed by atoms with van der Waals surface area (Å²) in [6.07, 6.45) is 1.63. The molecule has 5 nitrogen and oxygen atoms in total. The summed E-state index contributed by atoms with van der Waals surface area (Å²) in [7, 11) is 8.90. The minimum absolute atomic E-state index is 0.200. The molecule has 0 aromatic carbocycles. The number of anilines is 1. The van der Waals surface area contributed by atoms with Crippen molar-refractivity contribution in [1.82, 2.24) is 14.5 Å². The van der Waals surface area contributed by atoms with Gasteiger partial charge in [0, 0.05) is 25.7 Å². The van der Waals surface area contributed by atoms with Gasteiger partial charge in [-0.2, -0.15) is 4.98 Å². The van der Waals surface area contributed by atoms with Gasteiger partial charge in [0.2, 0.25) is 11.5 Å². The molecule has 15 heavy (non-hydrogen) atoms. The number of aryl methyl sites for hydroxylation is 1. The number of hydrogen-bond acceptors (Lipinski definition) is 4. The van der Waals surface area contributed by atoms with Crippen molar-refractivity contribution in [3.8, 4) is 0 Å². The smallest absolute Gasteiger partial charge is 0.244 e. The summed E-state index contributed by atoms with van der Waals surface area (Å²) < 4.78 is 1.41. The van der Waals surface area contributed by atoms with Crippen molar-refractivity contribution in [3.63, 3.8) is 0 Å². The lowest BCUT2D eigenvalue weighted by atomic mass is 9.97. The monoisotopic (exact) mass is 200 g/mol. The summed E-state index contributed by atoms with van der Waals surface area (Å²) in [5, 5.41) is 3.56. The highest BCUT2D eigenvalue weighted by molar-refractivity contribution is 6.32. The molecule has 0 fully saturated rings. The SMILES string of the molecule is [B]c1cc2cnc(NC)nc2n(C)c1=O. The molecule has 0 saturated heterocycles. The van der Waals surface area contributed by atoms with E-state index in [1.165, 1.54) is 4.57 Å². The van der Waals surface area contributed by atoms with Crippen molar-refractivity contribution >= 4 is 30.3 Å². The Morgan fingerprint density at radius 1 is 1.53 bits per heavy atom. The molecule has 2 rings (SSSR count). The number of nitrogens with one attached hydrogen (secondary N) is 1. The van der Waals surface area contributed by atoms with Crippen molar-refractivity contribution in [2.45, 2.75) is 0 Å². The van der Waals surface area contributed by atoms with Crippen LogP contribution in [0.4, 0.5) is 5.95 Å². The Labute approximate surface area is 87.6 Å². The van der Waals surface area contributed by atoms with Crippen LogP contribution in [-0.2, 0) is 7.05 Å². The summed E-state index contributed by atoms with van der Waals surface area (Å²) >= 11 is 0. The second kappa shape index (κ2) is 3.38. The normalized spacial score (nSPS) is 10.5. The average molecular weight is 200 g/mol. The van der Waals surface area contributed by atoms with Gasteiger partial charge in [-0.15, -0.1) is 0 Å². The van der Waals surface area contributed by atoms with E-state index in [9.17, 15) is 4.79 Å². The quantitative estimate of drug-likeness (QED) is 0.610. The van der Waals surface area contributed by atoms with Crippen LogP contribution in [-0.4, -0.2) is 29.4 Å². The Morgan fingerprint density at radius 3 is 2.93 bits per heavy atom. The maximum atomic E-state index is 11.5. The summed E-state index contributed by atoms with van der Waals surface area (Å²) in [4.78, 5) is 19.8. The summed E-state index contributed by atoms with van der Waals surface area (Å²) in [5.41, 5.74) is 0.516. The number of pyridine rings is 1. The van der Waals surface area contributed by atoms with E-state index >= 15 is 0 Å². The second-order valence-electron chi connectivity index (χ2n) is 3.19. The fourth-order valence-corrected chi connectivity index (χ4v) is 1.39. The summed E-state index contributed by atoms with van der Waals surface area (Å²) in [6.45, 7) is 0. The Morgan fingerprint density at radius 2 is 2.27 bits per heavy atom. The van der Waals surface area contributed by atoms with Gasteiger partial charge in [0.25, 0.3) is 0 Å². The maximum Gasteiger partial charge on any atom is 0.244 e. The second-order valence-corrected chi connectivity index (χ2v) is 3.19. The van der Waals surface area contributed by atoms with Crippen LogP contribution in [0.5, 0.6) is 0 Å². The van der Waals surface area contributed by atoms with Crippen molar-refractivity contribution in [2.75, 3.05) is 12.4 Å². The van der Waals surface area contributed by atoms with Gasteiger partial charge >= 0.3 is 0 Å². The van der Waals surface area contributed by atoms with Gasteiger partial charge in [0.05, 0.1) is 0 Å². The zero-order valence-corrected chi connectivity index (χ0v) is 8.48. The highest BCUT2D eigenvalue weighted by atomic mass is 16.1. The van der Waals surface area contributed by atoms with Gasteiger partial charge in [0.1, 0.15) is 13.5 Å². The fraction of sp³-hybridized carbons (Fsp3) is 0.222. The van der Waals surface area contributed by atoms with E-state index in [0.717, 1.165) is 5.39 Å². The number of rotatable bonds is 1. The molecule has 2 heterocycles. The standard InChI is InChI=1S/C9H9BN4O/c1-11-9-12-4-5-3-6(10)8(15)14(2)7(5)13-9/h3-4H,1-2H3,(H,11,12,13). The molecule has 0 saturated carbocycles. The molecule has 0 atom stereocenters. The molecule has 74 valence electrons. The number of aromatic nitrogens is 3. The lowest BCUT2D eigenvalue weighted by Gasteiger charge is -2.06. The molecule has 2 radical (unpaired) electrons. The van der Waals surface area contributed by atoms with Crippen LogP contribution in [0.15, 0.2) is 17.1 Å². The zero-order valence-electron chi connectivity index (χ0n) is 8.48. The Kier molecular flexibility index (Phi) is 2.19. The van der Waals surface area contributed by atoms with Crippen LogP contribution in [0.25, 0.3) is 11.0 Å². The van der Waals surface area contributed by atoms with E-state index < -0.39 is 0 Å². The minimum atomic E-state index is -0.247. The fourth-order valence-electron chi connectivity index (χ4n) is 1.39. The molecule has 0 spiro atoms. The molecule has 2 aromatic heterocycles. The molecule has 0 unspecified atom stereocenters. The van der Waals surface area contributed by atoms with E-state index in [2.05, 4.69) is 15.3 Å². The predicted molar refractivity (Wildman–Crippen MR) is 59.7 cm³/mol. The highest BCUT2D eigenvalue weighted by Crippen LogP contribution is 2.07. The molecule has 0 aliphatic rings. The number of hydrogen-bond donors (Lipinski definition) is 1. The molecular formula is C9H9BN4O. The largest absolute Gasteiger partial charge is 0.357 e. The minimum Gasteiger partial charge on any atom is -0.357 e.